The summed E-state index contributed by atoms with van der Waals surface area (Å²) in [5.41, 5.74) is 2.61. The van der Waals surface area contributed by atoms with E-state index in [0.29, 0.717) is 0 Å². The molecule has 4 rings (SSSR count). The number of aliphatic imine (C=N–C) groups is 1. The molecule has 3 aliphatic heterocycles. The van der Waals surface area contributed by atoms with Crippen molar-refractivity contribution < 1.29 is 0 Å². The van der Waals surface area contributed by atoms with Gasteiger partial charge >= 0.3 is 0 Å². The van der Waals surface area contributed by atoms with Crippen molar-refractivity contribution >= 4 is 11.5 Å². The first-order valence-electron chi connectivity index (χ1n) is 8.60. The Morgan fingerprint density at radius 1 is 1.18 bits per heavy atom. The number of benzene rings is 1. The summed E-state index contributed by atoms with van der Waals surface area (Å²) < 4.78 is 0. The van der Waals surface area contributed by atoms with Gasteiger partial charge in [0, 0.05) is 50.3 Å². The highest BCUT2D eigenvalue weighted by Gasteiger charge is 2.46. The molecule has 1 saturated heterocycles. The van der Waals surface area contributed by atoms with Crippen LogP contribution >= 0.6 is 0 Å². The van der Waals surface area contributed by atoms with Gasteiger partial charge in [-0.25, -0.2) is 0 Å². The van der Waals surface area contributed by atoms with Crippen LogP contribution < -0.4 is 5.32 Å². The van der Waals surface area contributed by atoms with Crippen molar-refractivity contribution in [3.8, 4) is 0 Å². The van der Waals surface area contributed by atoms with Crippen molar-refractivity contribution in [3.05, 3.63) is 29.8 Å². The normalized spacial score (nSPS) is 23.2. The van der Waals surface area contributed by atoms with Gasteiger partial charge in [-0.3, -0.25) is 4.99 Å². The van der Waals surface area contributed by atoms with Gasteiger partial charge in [-0.1, -0.05) is 26.0 Å². The summed E-state index contributed by atoms with van der Waals surface area (Å²) in [6.45, 7) is 10.2. The number of anilines is 1. The lowest BCUT2D eigenvalue weighted by Gasteiger charge is -2.52. The van der Waals surface area contributed by atoms with Gasteiger partial charge in [0.05, 0.1) is 6.54 Å². The molecule has 0 amide bonds. The first kappa shape index (κ1) is 14.1. The number of hydrogen-bond acceptors (Lipinski definition) is 4. The van der Waals surface area contributed by atoms with Gasteiger partial charge in [-0.2, -0.15) is 0 Å². The van der Waals surface area contributed by atoms with E-state index in [0.717, 1.165) is 19.0 Å². The molecular formula is C18H26N4. The maximum Gasteiger partial charge on any atom is 0.134 e. The van der Waals surface area contributed by atoms with Crippen molar-refractivity contribution in [2.45, 2.75) is 32.4 Å². The monoisotopic (exact) mass is 298 g/mol. The van der Waals surface area contributed by atoms with Gasteiger partial charge in [0.2, 0.25) is 0 Å². The number of hydrogen-bond donors (Lipinski definition) is 1. The van der Waals surface area contributed by atoms with E-state index in [1.165, 1.54) is 49.6 Å². The minimum absolute atomic E-state index is 0.0805. The Morgan fingerprint density at radius 2 is 1.95 bits per heavy atom. The quantitative estimate of drug-likeness (QED) is 0.910. The summed E-state index contributed by atoms with van der Waals surface area (Å²) in [6, 6.07) is 8.64. The van der Waals surface area contributed by atoms with Gasteiger partial charge in [0.1, 0.15) is 11.5 Å². The van der Waals surface area contributed by atoms with Crippen LogP contribution in [0.1, 0.15) is 32.3 Å². The zero-order chi connectivity index (χ0) is 15.2. The van der Waals surface area contributed by atoms with Gasteiger partial charge in [0.15, 0.2) is 0 Å². The molecule has 3 heterocycles. The summed E-state index contributed by atoms with van der Waals surface area (Å²) >= 11 is 0. The van der Waals surface area contributed by atoms with Crippen molar-refractivity contribution in [1.29, 1.82) is 0 Å². The molecule has 0 aliphatic carbocycles. The van der Waals surface area contributed by atoms with Crippen LogP contribution in [0.15, 0.2) is 29.3 Å². The number of likely N-dealkylation sites (tertiary alicyclic amines) is 1. The molecule has 0 unspecified atom stereocenters. The Hall–Kier alpha value is -1.55. The Kier molecular flexibility index (Phi) is 3.37. The van der Waals surface area contributed by atoms with Crippen molar-refractivity contribution in [1.82, 2.24) is 9.80 Å². The second-order valence-electron chi connectivity index (χ2n) is 7.25. The van der Waals surface area contributed by atoms with E-state index in [4.69, 9.17) is 4.99 Å². The van der Waals surface area contributed by atoms with Crippen molar-refractivity contribution in [2.75, 3.05) is 38.0 Å². The maximum absolute atomic E-state index is 4.81. The topological polar surface area (TPSA) is 30.9 Å². The fourth-order valence-corrected chi connectivity index (χ4v) is 4.22. The number of piperidine rings is 1. The summed E-state index contributed by atoms with van der Waals surface area (Å²) in [7, 11) is 0. The van der Waals surface area contributed by atoms with E-state index < -0.39 is 0 Å². The lowest BCUT2D eigenvalue weighted by molar-refractivity contribution is 0.0869. The van der Waals surface area contributed by atoms with Crippen LogP contribution in [0.2, 0.25) is 0 Å². The minimum Gasteiger partial charge on any atom is -0.362 e. The minimum atomic E-state index is 0.0805. The summed E-state index contributed by atoms with van der Waals surface area (Å²) in [5, 5.41) is 3.88. The fourth-order valence-electron chi connectivity index (χ4n) is 4.22. The first-order valence-corrected chi connectivity index (χ1v) is 8.60. The molecule has 0 saturated carbocycles. The van der Waals surface area contributed by atoms with Crippen LogP contribution in [0.25, 0.3) is 0 Å². The van der Waals surface area contributed by atoms with Crippen LogP contribution in [-0.2, 0) is 0 Å². The summed E-state index contributed by atoms with van der Waals surface area (Å²) in [6.07, 6.45) is 2.35. The third-order valence-electron chi connectivity index (χ3n) is 5.20. The molecule has 4 nitrogen and oxygen atoms in total. The highest BCUT2D eigenvalue weighted by molar-refractivity contribution is 6.06. The Bertz CT molecular complexity index is 585. The molecule has 0 aromatic heterocycles. The molecule has 1 aromatic rings. The predicted molar refractivity (Wildman–Crippen MR) is 91.4 cm³/mol. The number of amidine groups is 1. The standard InChI is InChI=1S/C18H26N4/c1-14(2)13-21-10-7-18(8-11-21)20-16-6-4-3-5-15(16)17-19-9-12-22(17)18/h3-6,14,20H,7-13H2,1-2H3. The Balaban J connectivity index is 1.60. The van der Waals surface area contributed by atoms with Gasteiger partial charge in [-0.15, -0.1) is 0 Å². The smallest absolute Gasteiger partial charge is 0.134 e. The number of fused-ring (bicyclic) bond motifs is 4. The molecule has 1 fully saturated rings. The number of nitrogens with zero attached hydrogens (tertiary/aromatic N) is 3. The lowest BCUT2D eigenvalue weighted by atomic mass is 9.90. The van der Waals surface area contributed by atoms with Crippen LogP contribution in [0.3, 0.4) is 0 Å². The molecule has 22 heavy (non-hydrogen) atoms. The molecule has 0 atom stereocenters. The number of nitrogens with one attached hydrogen (secondary N) is 1. The average Bonchev–Trinajstić information content (AvgIpc) is 3.00. The third-order valence-corrected chi connectivity index (χ3v) is 5.20. The summed E-state index contributed by atoms with van der Waals surface area (Å²) in [4.78, 5) is 9.96. The second-order valence-corrected chi connectivity index (χ2v) is 7.25. The van der Waals surface area contributed by atoms with Crippen LogP contribution in [0.4, 0.5) is 5.69 Å². The molecule has 0 bridgehead atoms. The average molecular weight is 298 g/mol. The lowest BCUT2D eigenvalue weighted by Crippen LogP contribution is -2.63. The molecular weight excluding hydrogens is 272 g/mol. The van der Waals surface area contributed by atoms with Crippen molar-refractivity contribution in [3.63, 3.8) is 0 Å². The molecule has 118 valence electrons. The van der Waals surface area contributed by atoms with Crippen LogP contribution in [0.5, 0.6) is 0 Å². The molecule has 0 radical (unpaired) electrons. The van der Waals surface area contributed by atoms with E-state index in [1.807, 2.05) is 0 Å². The van der Waals surface area contributed by atoms with Gasteiger partial charge < -0.3 is 15.1 Å². The second kappa shape index (κ2) is 5.27. The first-order chi connectivity index (χ1) is 10.7. The largest absolute Gasteiger partial charge is 0.362 e. The molecule has 3 aliphatic rings. The third kappa shape index (κ3) is 2.21. The van der Waals surface area contributed by atoms with E-state index in [9.17, 15) is 0 Å². The number of para-hydroxylation sites is 1. The molecule has 4 heteroatoms. The summed E-state index contributed by atoms with van der Waals surface area (Å²) in [5.74, 6) is 1.96. The highest BCUT2D eigenvalue weighted by Crippen LogP contribution is 2.39. The fraction of sp³-hybridized carbons (Fsp3) is 0.611. The molecule has 1 aromatic carbocycles. The molecule has 1 N–H and O–H groups in total. The van der Waals surface area contributed by atoms with Gasteiger partial charge in [0.25, 0.3) is 0 Å². The van der Waals surface area contributed by atoms with E-state index >= 15 is 0 Å². The SMILES string of the molecule is CC(C)CN1CCC2(CC1)Nc1ccccc1C1=NCCN12. The van der Waals surface area contributed by atoms with Crippen LogP contribution in [0, 0.1) is 5.92 Å². The maximum atomic E-state index is 4.81. The molecule has 1 spiro atoms. The van der Waals surface area contributed by atoms with Crippen molar-refractivity contribution in [2.24, 2.45) is 10.9 Å². The highest BCUT2D eigenvalue weighted by atomic mass is 15.4. The van der Waals surface area contributed by atoms with E-state index in [1.54, 1.807) is 0 Å². The van der Waals surface area contributed by atoms with E-state index in [-0.39, 0.29) is 5.66 Å². The zero-order valence-corrected chi connectivity index (χ0v) is 13.7. The van der Waals surface area contributed by atoms with E-state index in [2.05, 4.69) is 53.2 Å². The predicted octanol–water partition coefficient (Wildman–Crippen LogP) is 2.62. The Morgan fingerprint density at radius 3 is 2.73 bits per heavy atom. The zero-order valence-electron chi connectivity index (χ0n) is 13.7. The Labute approximate surface area is 133 Å². The number of rotatable bonds is 2. The van der Waals surface area contributed by atoms with Gasteiger partial charge in [-0.05, 0) is 18.1 Å². The van der Waals surface area contributed by atoms with Crippen LogP contribution in [-0.4, -0.2) is 54.0 Å².